The summed E-state index contributed by atoms with van der Waals surface area (Å²) in [6, 6.07) is 0. The van der Waals surface area contributed by atoms with Crippen molar-refractivity contribution in [2.45, 2.75) is 58.9 Å². The van der Waals surface area contributed by atoms with Crippen LogP contribution in [-0.2, 0) is 0 Å². The van der Waals surface area contributed by atoms with E-state index in [0.717, 1.165) is 0 Å². The van der Waals surface area contributed by atoms with E-state index in [1.165, 1.54) is 0 Å². The van der Waals surface area contributed by atoms with Crippen molar-refractivity contribution < 1.29 is 9.90 Å². The molecular weight excluding hydrogens is 270 g/mol. The summed E-state index contributed by atoms with van der Waals surface area (Å²) in [7, 11) is 0. The second kappa shape index (κ2) is 6.85. The van der Waals surface area contributed by atoms with Crippen molar-refractivity contribution in [3.8, 4) is 0 Å². The lowest BCUT2D eigenvalue weighted by Gasteiger charge is -2.29. The van der Waals surface area contributed by atoms with E-state index in [1.54, 1.807) is 6.92 Å². The molecule has 1 aromatic heterocycles. The van der Waals surface area contributed by atoms with Gasteiger partial charge >= 0.3 is 0 Å². The molecule has 118 valence electrons. The summed E-state index contributed by atoms with van der Waals surface area (Å²) in [5, 5.41) is 11.9. The summed E-state index contributed by atoms with van der Waals surface area (Å²) in [4.78, 5) is 31.4. The molecule has 21 heavy (non-hydrogen) atoms. The van der Waals surface area contributed by atoms with Gasteiger partial charge in [-0.2, -0.15) is 0 Å². The molecule has 0 aliphatic carbocycles. The zero-order valence-corrected chi connectivity index (χ0v) is 13.4. The Bertz CT molecular complexity index is 566. The zero-order valence-electron chi connectivity index (χ0n) is 13.4. The number of aromatic nitrogens is 2. The van der Waals surface area contributed by atoms with Crippen molar-refractivity contribution >= 4 is 5.91 Å². The zero-order chi connectivity index (χ0) is 16.2. The first kappa shape index (κ1) is 17.4. The summed E-state index contributed by atoms with van der Waals surface area (Å²) in [6.07, 6.45) is 1.09. The molecule has 0 saturated carbocycles. The van der Waals surface area contributed by atoms with Crippen molar-refractivity contribution in [2.24, 2.45) is 0 Å². The minimum Gasteiger partial charge on any atom is -0.396 e. The highest BCUT2D eigenvalue weighted by Crippen LogP contribution is 2.15. The van der Waals surface area contributed by atoms with Crippen LogP contribution in [0.4, 0.5) is 0 Å². The van der Waals surface area contributed by atoms with Gasteiger partial charge in [-0.1, -0.05) is 20.8 Å². The number of nitrogens with zero attached hydrogens (tertiary/aromatic N) is 1. The fourth-order valence-electron chi connectivity index (χ4n) is 2.06. The lowest BCUT2D eigenvalue weighted by molar-refractivity contribution is 0.0883. The number of H-pyrrole nitrogens is 1. The summed E-state index contributed by atoms with van der Waals surface area (Å²) in [5.74, 6) is 0.209. The van der Waals surface area contributed by atoms with Gasteiger partial charge in [0, 0.05) is 18.1 Å². The Hall–Kier alpha value is -1.69. The molecule has 0 radical (unpaired) electrons. The molecule has 0 aromatic carbocycles. The first-order chi connectivity index (χ1) is 9.74. The molecule has 1 aromatic rings. The Labute approximate surface area is 125 Å². The molecule has 0 bridgehead atoms. The fourth-order valence-corrected chi connectivity index (χ4v) is 2.06. The number of carbonyl (C=O) groups is 1. The number of aliphatic hydroxyl groups excluding tert-OH is 1. The van der Waals surface area contributed by atoms with E-state index in [2.05, 4.69) is 15.3 Å². The Balaban J connectivity index is 3.11. The van der Waals surface area contributed by atoms with E-state index in [-0.39, 0.29) is 18.1 Å². The summed E-state index contributed by atoms with van der Waals surface area (Å²) in [6.45, 7) is 9.25. The number of hydrogen-bond acceptors (Lipinski definition) is 4. The van der Waals surface area contributed by atoms with Gasteiger partial charge in [-0.05, 0) is 26.7 Å². The SMILES string of the molecule is CCC(C)(CCO)NC(=O)c1c(C)nc(C(C)C)[nH]c1=O. The average molecular weight is 295 g/mol. The number of nitrogens with one attached hydrogen (secondary N) is 2. The van der Waals surface area contributed by atoms with Gasteiger partial charge < -0.3 is 15.4 Å². The van der Waals surface area contributed by atoms with E-state index in [4.69, 9.17) is 5.11 Å². The maximum Gasteiger partial charge on any atom is 0.264 e. The van der Waals surface area contributed by atoms with Gasteiger partial charge in [0.2, 0.25) is 0 Å². The first-order valence-electron chi connectivity index (χ1n) is 7.28. The Morgan fingerprint density at radius 1 is 1.48 bits per heavy atom. The molecule has 0 spiro atoms. The Kier molecular flexibility index (Phi) is 5.66. The number of hydrogen-bond donors (Lipinski definition) is 3. The normalized spacial score (nSPS) is 14.0. The van der Waals surface area contributed by atoms with Crippen LogP contribution in [0.1, 0.15) is 68.3 Å². The summed E-state index contributed by atoms with van der Waals surface area (Å²) < 4.78 is 0. The molecule has 6 nitrogen and oxygen atoms in total. The van der Waals surface area contributed by atoms with Crippen LogP contribution in [0.3, 0.4) is 0 Å². The molecule has 0 aliphatic heterocycles. The predicted molar refractivity (Wildman–Crippen MR) is 81.5 cm³/mol. The van der Waals surface area contributed by atoms with Gasteiger partial charge in [-0.25, -0.2) is 4.98 Å². The number of amides is 1. The molecule has 0 fully saturated rings. The maximum atomic E-state index is 12.4. The third-order valence-corrected chi connectivity index (χ3v) is 3.75. The predicted octanol–water partition coefficient (Wildman–Crippen LogP) is 1.48. The largest absolute Gasteiger partial charge is 0.396 e. The monoisotopic (exact) mass is 295 g/mol. The van der Waals surface area contributed by atoms with E-state index >= 15 is 0 Å². The first-order valence-corrected chi connectivity index (χ1v) is 7.28. The van der Waals surface area contributed by atoms with E-state index < -0.39 is 17.0 Å². The number of rotatable bonds is 6. The van der Waals surface area contributed by atoms with Gasteiger partial charge in [0.15, 0.2) is 0 Å². The lowest BCUT2D eigenvalue weighted by atomic mass is 9.94. The quantitative estimate of drug-likeness (QED) is 0.741. The van der Waals surface area contributed by atoms with Crippen LogP contribution >= 0.6 is 0 Å². The van der Waals surface area contributed by atoms with Crippen LogP contribution in [0.5, 0.6) is 0 Å². The van der Waals surface area contributed by atoms with Gasteiger partial charge in [0.1, 0.15) is 11.4 Å². The highest BCUT2D eigenvalue weighted by atomic mass is 16.3. The molecule has 1 atom stereocenters. The molecule has 1 unspecified atom stereocenters. The Morgan fingerprint density at radius 2 is 2.10 bits per heavy atom. The standard InChI is InChI=1S/C15H25N3O3/c1-6-15(5,7-8-19)18-14(21)11-10(4)16-12(9(2)3)17-13(11)20/h9,19H,6-8H2,1-5H3,(H,18,21)(H,16,17,20). The van der Waals surface area contributed by atoms with Crippen LogP contribution in [0.15, 0.2) is 4.79 Å². The average Bonchev–Trinajstić information content (AvgIpc) is 2.37. The third-order valence-electron chi connectivity index (χ3n) is 3.75. The smallest absolute Gasteiger partial charge is 0.264 e. The lowest BCUT2D eigenvalue weighted by Crippen LogP contribution is -2.48. The molecule has 0 saturated heterocycles. The van der Waals surface area contributed by atoms with Crippen LogP contribution in [0.25, 0.3) is 0 Å². The van der Waals surface area contributed by atoms with Crippen molar-refractivity contribution in [3.05, 3.63) is 27.4 Å². The van der Waals surface area contributed by atoms with E-state index in [0.29, 0.717) is 24.4 Å². The van der Waals surface area contributed by atoms with Crippen LogP contribution in [0, 0.1) is 6.92 Å². The highest BCUT2D eigenvalue weighted by molar-refractivity contribution is 5.95. The second-order valence-corrected chi connectivity index (χ2v) is 5.91. The molecular formula is C15H25N3O3. The van der Waals surface area contributed by atoms with Gasteiger partial charge in [0.05, 0.1) is 5.69 Å². The highest BCUT2D eigenvalue weighted by Gasteiger charge is 2.27. The molecule has 1 heterocycles. The number of carbonyl (C=O) groups excluding carboxylic acids is 1. The third kappa shape index (κ3) is 4.14. The summed E-state index contributed by atoms with van der Waals surface area (Å²) >= 11 is 0. The minimum atomic E-state index is -0.540. The molecule has 1 rings (SSSR count). The van der Waals surface area contributed by atoms with Gasteiger partial charge in [-0.3, -0.25) is 9.59 Å². The van der Waals surface area contributed by atoms with Crippen LogP contribution in [-0.4, -0.2) is 33.1 Å². The minimum absolute atomic E-state index is 0.0233. The van der Waals surface area contributed by atoms with Crippen molar-refractivity contribution in [1.29, 1.82) is 0 Å². The molecule has 6 heteroatoms. The second-order valence-electron chi connectivity index (χ2n) is 5.91. The van der Waals surface area contributed by atoms with Crippen LogP contribution in [0.2, 0.25) is 0 Å². The Morgan fingerprint density at radius 3 is 2.52 bits per heavy atom. The number of aliphatic hydroxyl groups is 1. The molecule has 0 aliphatic rings. The van der Waals surface area contributed by atoms with Gasteiger partial charge in [-0.15, -0.1) is 0 Å². The summed E-state index contributed by atoms with van der Waals surface area (Å²) in [5.41, 5.74) is -0.507. The van der Waals surface area contributed by atoms with E-state index in [1.807, 2.05) is 27.7 Å². The van der Waals surface area contributed by atoms with Crippen molar-refractivity contribution in [2.75, 3.05) is 6.61 Å². The molecule has 1 amide bonds. The van der Waals surface area contributed by atoms with Crippen LogP contribution < -0.4 is 10.9 Å². The molecule has 3 N–H and O–H groups in total. The van der Waals surface area contributed by atoms with Gasteiger partial charge in [0.25, 0.3) is 11.5 Å². The van der Waals surface area contributed by atoms with Crippen molar-refractivity contribution in [3.63, 3.8) is 0 Å². The number of aryl methyl sites for hydroxylation is 1. The number of aromatic amines is 1. The fraction of sp³-hybridized carbons (Fsp3) is 0.667. The topological polar surface area (TPSA) is 95.1 Å². The van der Waals surface area contributed by atoms with Crippen molar-refractivity contribution in [1.82, 2.24) is 15.3 Å². The van der Waals surface area contributed by atoms with E-state index in [9.17, 15) is 9.59 Å². The maximum absolute atomic E-state index is 12.4.